The quantitative estimate of drug-likeness (QED) is 0.164. The molecule has 1 nitrogen and oxygen atoms in total. The van der Waals surface area contributed by atoms with Crippen molar-refractivity contribution in [3.8, 4) is 33.4 Å². The smallest absolute Gasteiger partial charge is 0.0464 e. The standard InChI is InChI=1S/C51H41N/c1-51(2)49-21-13-12-20-46(49)47-33-31-44(35-50(47)51)52(42-28-26-39(27-29-42)38-24-22-37(23-25-38)36-14-6-3-7-15-36)43-30-32-45(40-16-8-4-9-17-40)48(34-43)41-18-10-5-11-19-41/h3-35,45,48H,1-2H3. The van der Waals surface area contributed by atoms with Gasteiger partial charge in [-0.15, -0.1) is 0 Å². The molecule has 0 saturated heterocycles. The highest BCUT2D eigenvalue weighted by atomic mass is 15.1. The second kappa shape index (κ2) is 13.2. The van der Waals surface area contributed by atoms with Crippen molar-refractivity contribution in [2.45, 2.75) is 31.1 Å². The van der Waals surface area contributed by atoms with Gasteiger partial charge in [0.1, 0.15) is 0 Å². The minimum Gasteiger partial charge on any atom is -0.311 e. The molecular formula is C51H41N. The highest BCUT2D eigenvalue weighted by Crippen LogP contribution is 2.51. The van der Waals surface area contributed by atoms with Gasteiger partial charge in [-0.05, 0) is 86.0 Å². The fraction of sp³-hybridized carbons (Fsp3) is 0.0980. The number of anilines is 2. The topological polar surface area (TPSA) is 3.24 Å². The minimum atomic E-state index is -0.0921. The lowest BCUT2D eigenvalue weighted by Gasteiger charge is -2.34. The molecule has 1 heteroatoms. The molecular weight excluding hydrogens is 627 g/mol. The number of allylic oxidation sites excluding steroid dienone is 3. The average Bonchev–Trinajstić information content (AvgIpc) is 3.45. The van der Waals surface area contributed by atoms with Crippen molar-refractivity contribution in [1.29, 1.82) is 0 Å². The Labute approximate surface area is 307 Å². The summed E-state index contributed by atoms with van der Waals surface area (Å²) in [6.45, 7) is 4.72. The van der Waals surface area contributed by atoms with Crippen LogP contribution in [0.2, 0.25) is 0 Å². The summed E-state index contributed by atoms with van der Waals surface area (Å²) >= 11 is 0. The molecule has 0 bridgehead atoms. The summed E-state index contributed by atoms with van der Waals surface area (Å²) in [4.78, 5) is 2.45. The van der Waals surface area contributed by atoms with E-state index in [-0.39, 0.29) is 17.3 Å². The van der Waals surface area contributed by atoms with E-state index in [2.05, 4.69) is 219 Å². The van der Waals surface area contributed by atoms with Crippen molar-refractivity contribution >= 4 is 11.4 Å². The van der Waals surface area contributed by atoms with Crippen LogP contribution in [0.3, 0.4) is 0 Å². The van der Waals surface area contributed by atoms with Gasteiger partial charge >= 0.3 is 0 Å². The predicted octanol–water partition coefficient (Wildman–Crippen LogP) is 13.5. The van der Waals surface area contributed by atoms with Gasteiger partial charge in [0.05, 0.1) is 0 Å². The van der Waals surface area contributed by atoms with Gasteiger partial charge in [-0.25, -0.2) is 0 Å². The maximum atomic E-state index is 2.48. The van der Waals surface area contributed by atoms with E-state index in [9.17, 15) is 0 Å². The number of fused-ring (bicyclic) bond motifs is 3. The Hall–Kier alpha value is -6.18. The molecule has 0 aromatic heterocycles. The van der Waals surface area contributed by atoms with Crippen LogP contribution in [0.1, 0.15) is 47.9 Å². The Morgan fingerprint density at radius 2 is 0.904 bits per heavy atom. The van der Waals surface area contributed by atoms with Crippen LogP contribution in [0.25, 0.3) is 33.4 Å². The molecule has 0 N–H and O–H groups in total. The normalized spacial score (nSPS) is 16.8. The number of rotatable bonds is 7. The molecule has 2 aliphatic rings. The Morgan fingerprint density at radius 3 is 1.54 bits per heavy atom. The fourth-order valence-corrected chi connectivity index (χ4v) is 8.35. The van der Waals surface area contributed by atoms with Gasteiger partial charge < -0.3 is 4.90 Å². The van der Waals surface area contributed by atoms with Gasteiger partial charge in [-0.3, -0.25) is 0 Å². The molecule has 9 rings (SSSR count). The molecule has 52 heavy (non-hydrogen) atoms. The second-order valence-electron chi connectivity index (χ2n) is 14.5. The van der Waals surface area contributed by atoms with E-state index in [1.54, 1.807) is 0 Å². The first-order valence-electron chi connectivity index (χ1n) is 18.3. The maximum absolute atomic E-state index is 2.48. The molecule has 0 saturated carbocycles. The third-order valence-electron chi connectivity index (χ3n) is 11.1. The summed E-state index contributed by atoms with van der Waals surface area (Å²) in [5.41, 5.74) is 16.3. The van der Waals surface area contributed by atoms with E-state index >= 15 is 0 Å². The van der Waals surface area contributed by atoms with Crippen LogP contribution in [-0.2, 0) is 5.41 Å². The molecule has 0 fully saturated rings. The number of nitrogens with zero attached hydrogens (tertiary/aromatic N) is 1. The van der Waals surface area contributed by atoms with Crippen LogP contribution < -0.4 is 4.90 Å². The van der Waals surface area contributed by atoms with Gasteiger partial charge in [0, 0.05) is 34.3 Å². The largest absolute Gasteiger partial charge is 0.311 e. The molecule has 0 heterocycles. The van der Waals surface area contributed by atoms with Crippen molar-refractivity contribution in [2.75, 3.05) is 4.90 Å². The van der Waals surface area contributed by atoms with Crippen LogP contribution in [0.5, 0.6) is 0 Å². The first-order valence-corrected chi connectivity index (χ1v) is 18.3. The number of benzene rings is 7. The SMILES string of the molecule is CC1(C)c2ccccc2-c2ccc(N(C3=CC(c4ccccc4)C(c4ccccc4)C=C3)c3ccc(-c4ccc(-c5ccccc5)cc4)cc3)cc21. The highest BCUT2D eigenvalue weighted by Gasteiger charge is 2.36. The van der Waals surface area contributed by atoms with E-state index in [0.29, 0.717) is 0 Å². The van der Waals surface area contributed by atoms with E-state index in [1.165, 1.54) is 67.0 Å². The van der Waals surface area contributed by atoms with E-state index in [1.807, 2.05) is 0 Å². The lowest BCUT2D eigenvalue weighted by atomic mass is 9.78. The first-order chi connectivity index (χ1) is 25.5. The van der Waals surface area contributed by atoms with Gasteiger partial charge in [-0.1, -0.05) is 184 Å². The minimum absolute atomic E-state index is 0.0921. The van der Waals surface area contributed by atoms with E-state index in [0.717, 1.165) is 5.69 Å². The first kappa shape index (κ1) is 31.8. The van der Waals surface area contributed by atoms with Gasteiger partial charge in [-0.2, -0.15) is 0 Å². The molecule has 0 aliphatic heterocycles. The van der Waals surface area contributed by atoms with Crippen LogP contribution in [0, 0.1) is 0 Å². The predicted molar refractivity (Wildman–Crippen MR) is 219 cm³/mol. The van der Waals surface area contributed by atoms with Gasteiger partial charge in [0.25, 0.3) is 0 Å². The van der Waals surface area contributed by atoms with Crippen LogP contribution in [0.4, 0.5) is 11.4 Å². The molecule has 0 radical (unpaired) electrons. The van der Waals surface area contributed by atoms with Crippen molar-refractivity contribution in [3.05, 3.63) is 228 Å². The summed E-state index contributed by atoms with van der Waals surface area (Å²) in [7, 11) is 0. The molecule has 0 amide bonds. The Kier molecular flexibility index (Phi) is 8.05. The maximum Gasteiger partial charge on any atom is 0.0464 e. The molecule has 7 aromatic carbocycles. The molecule has 2 atom stereocenters. The van der Waals surface area contributed by atoms with E-state index < -0.39 is 0 Å². The Bertz CT molecular complexity index is 2400. The molecule has 2 aliphatic carbocycles. The van der Waals surface area contributed by atoms with Gasteiger partial charge in [0.2, 0.25) is 0 Å². The van der Waals surface area contributed by atoms with Gasteiger partial charge in [0.15, 0.2) is 0 Å². The summed E-state index contributed by atoms with van der Waals surface area (Å²) in [5.74, 6) is 0.424. The Balaban J connectivity index is 1.14. The monoisotopic (exact) mass is 667 g/mol. The summed E-state index contributed by atoms with van der Waals surface area (Å²) in [5, 5.41) is 0. The summed E-state index contributed by atoms with van der Waals surface area (Å²) in [6, 6.07) is 66.4. The molecule has 2 unspecified atom stereocenters. The van der Waals surface area contributed by atoms with Crippen molar-refractivity contribution in [1.82, 2.24) is 0 Å². The average molecular weight is 668 g/mol. The zero-order chi connectivity index (χ0) is 35.1. The van der Waals surface area contributed by atoms with Crippen molar-refractivity contribution in [3.63, 3.8) is 0 Å². The zero-order valence-corrected chi connectivity index (χ0v) is 29.7. The fourth-order valence-electron chi connectivity index (χ4n) is 8.35. The van der Waals surface area contributed by atoms with E-state index in [4.69, 9.17) is 0 Å². The van der Waals surface area contributed by atoms with Crippen LogP contribution in [-0.4, -0.2) is 0 Å². The third-order valence-corrected chi connectivity index (χ3v) is 11.1. The lowest BCUT2D eigenvalue weighted by Crippen LogP contribution is -2.21. The third kappa shape index (κ3) is 5.69. The van der Waals surface area contributed by atoms with Crippen molar-refractivity contribution < 1.29 is 0 Å². The van der Waals surface area contributed by atoms with Crippen LogP contribution >= 0.6 is 0 Å². The number of hydrogen-bond acceptors (Lipinski definition) is 1. The second-order valence-corrected chi connectivity index (χ2v) is 14.5. The summed E-state index contributed by atoms with van der Waals surface area (Å²) in [6.07, 6.45) is 7.22. The molecule has 250 valence electrons. The molecule has 0 spiro atoms. The summed E-state index contributed by atoms with van der Waals surface area (Å²) < 4.78 is 0. The lowest BCUT2D eigenvalue weighted by molar-refractivity contribution is 0.660. The highest BCUT2D eigenvalue weighted by molar-refractivity contribution is 5.84. The van der Waals surface area contributed by atoms with Crippen LogP contribution in [0.15, 0.2) is 206 Å². The molecule has 7 aromatic rings. The Morgan fingerprint density at radius 1 is 0.423 bits per heavy atom. The van der Waals surface area contributed by atoms with Crippen molar-refractivity contribution in [2.24, 2.45) is 0 Å². The zero-order valence-electron chi connectivity index (χ0n) is 29.7. The number of hydrogen-bond donors (Lipinski definition) is 0.